The standard InChI is InChI=1S/C19H18N6O4/c1-11-8-17-24(18(27)12-6-4-5-7-13(12)25(17)23-11)10-14(26)20-19-21-15(28-2)9-16(22-19)29-3/h4-9H,10H2,1-3H3,(H,20,21,22,26). The highest BCUT2D eigenvalue weighted by Crippen LogP contribution is 2.18. The molecular formula is C19H18N6O4. The first-order valence-corrected chi connectivity index (χ1v) is 8.75. The van der Waals surface area contributed by atoms with Crippen molar-refractivity contribution < 1.29 is 14.3 Å². The van der Waals surface area contributed by atoms with Gasteiger partial charge in [0.1, 0.15) is 12.2 Å². The fraction of sp³-hybridized carbons (Fsp3) is 0.211. The van der Waals surface area contributed by atoms with E-state index in [0.29, 0.717) is 16.6 Å². The van der Waals surface area contributed by atoms with Gasteiger partial charge in [0.2, 0.25) is 23.6 Å². The zero-order valence-corrected chi connectivity index (χ0v) is 16.0. The molecule has 1 N–H and O–H groups in total. The van der Waals surface area contributed by atoms with Crippen LogP contribution in [0.1, 0.15) is 5.69 Å². The number of methoxy groups -OCH3 is 2. The third-order valence-electron chi connectivity index (χ3n) is 4.35. The van der Waals surface area contributed by atoms with E-state index in [1.54, 1.807) is 22.7 Å². The van der Waals surface area contributed by atoms with Crippen LogP contribution in [-0.4, -0.2) is 44.3 Å². The van der Waals surface area contributed by atoms with Crippen molar-refractivity contribution in [2.24, 2.45) is 0 Å². The molecule has 1 amide bonds. The Hall–Kier alpha value is -3.95. The molecule has 0 radical (unpaired) electrons. The Balaban J connectivity index is 1.73. The number of rotatable bonds is 5. The van der Waals surface area contributed by atoms with E-state index in [1.165, 1.54) is 24.9 Å². The van der Waals surface area contributed by atoms with E-state index >= 15 is 0 Å². The van der Waals surface area contributed by atoms with Gasteiger partial charge in [-0.1, -0.05) is 12.1 Å². The van der Waals surface area contributed by atoms with Gasteiger partial charge in [-0.25, -0.2) is 4.52 Å². The summed E-state index contributed by atoms with van der Waals surface area (Å²) < 4.78 is 13.2. The molecule has 0 fully saturated rings. The Morgan fingerprint density at radius 1 is 1.10 bits per heavy atom. The molecule has 3 aromatic heterocycles. The maximum Gasteiger partial charge on any atom is 0.262 e. The number of aromatic nitrogens is 5. The minimum Gasteiger partial charge on any atom is -0.481 e. The molecule has 0 aliphatic carbocycles. The smallest absolute Gasteiger partial charge is 0.262 e. The summed E-state index contributed by atoms with van der Waals surface area (Å²) >= 11 is 0. The molecular weight excluding hydrogens is 376 g/mol. The van der Waals surface area contributed by atoms with Gasteiger partial charge in [0.25, 0.3) is 5.56 Å². The number of ether oxygens (including phenoxy) is 2. The van der Waals surface area contributed by atoms with Crippen LogP contribution in [0.25, 0.3) is 16.6 Å². The second-order valence-electron chi connectivity index (χ2n) is 6.29. The monoisotopic (exact) mass is 394 g/mol. The molecule has 0 atom stereocenters. The third kappa shape index (κ3) is 3.35. The zero-order chi connectivity index (χ0) is 20.5. The summed E-state index contributed by atoms with van der Waals surface area (Å²) in [6, 6.07) is 10.4. The van der Waals surface area contributed by atoms with Crippen molar-refractivity contribution in [3.63, 3.8) is 0 Å². The van der Waals surface area contributed by atoms with E-state index in [4.69, 9.17) is 9.47 Å². The number of hydrogen-bond donors (Lipinski definition) is 1. The van der Waals surface area contributed by atoms with Gasteiger partial charge in [-0.05, 0) is 19.1 Å². The Bertz CT molecular complexity index is 1270. The molecule has 0 saturated heterocycles. The summed E-state index contributed by atoms with van der Waals surface area (Å²) in [7, 11) is 2.89. The van der Waals surface area contributed by atoms with Crippen molar-refractivity contribution >= 4 is 28.4 Å². The predicted molar refractivity (Wildman–Crippen MR) is 105 cm³/mol. The number of carbonyl (C=O) groups is 1. The summed E-state index contributed by atoms with van der Waals surface area (Å²) in [5.74, 6) is 0.0202. The van der Waals surface area contributed by atoms with Crippen LogP contribution in [0.5, 0.6) is 11.8 Å². The average molecular weight is 394 g/mol. The van der Waals surface area contributed by atoms with Crippen molar-refractivity contribution in [2.45, 2.75) is 13.5 Å². The van der Waals surface area contributed by atoms with E-state index in [2.05, 4.69) is 20.4 Å². The van der Waals surface area contributed by atoms with Crippen LogP contribution in [0.4, 0.5) is 5.95 Å². The van der Waals surface area contributed by atoms with Gasteiger partial charge >= 0.3 is 0 Å². The van der Waals surface area contributed by atoms with Crippen molar-refractivity contribution in [3.8, 4) is 11.8 Å². The van der Waals surface area contributed by atoms with Gasteiger partial charge in [0.15, 0.2) is 0 Å². The van der Waals surface area contributed by atoms with Gasteiger partial charge in [-0.3, -0.25) is 19.5 Å². The highest BCUT2D eigenvalue weighted by atomic mass is 16.5. The third-order valence-corrected chi connectivity index (χ3v) is 4.35. The second kappa shape index (κ2) is 7.23. The molecule has 0 aliphatic rings. The molecule has 0 aliphatic heterocycles. The minimum atomic E-state index is -0.474. The molecule has 3 heterocycles. The quantitative estimate of drug-likeness (QED) is 0.544. The van der Waals surface area contributed by atoms with E-state index in [0.717, 1.165) is 5.69 Å². The van der Waals surface area contributed by atoms with E-state index < -0.39 is 5.91 Å². The lowest BCUT2D eigenvalue weighted by Crippen LogP contribution is -2.29. The maximum atomic E-state index is 13.0. The van der Waals surface area contributed by atoms with Gasteiger partial charge < -0.3 is 9.47 Å². The molecule has 0 unspecified atom stereocenters. The first-order valence-electron chi connectivity index (χ1n) is 8.75. The number of nitrogens with zero attached hydrogens (tertiary/aromatic N) is 5. The molecule has 0 saturated carbocycles. The van der Waals surface area contributed by atoms with Crippen LogP contribution in [0.2, 0.25) is 0 Å². The molecule has 0 bridgehead atoms. The molecule has 1 aromatic carbocycles. The summed E-state index contributed by atoms with van der Waals surface area (Å²) in [6.45, 7) is 1.59. The van der Waals surface area contributed by atoms with E-state index in [1.807, 2.05) is 19.1 Å². The van der Waals surface area contributed by atoms with E-state index in [9.17, 15) is 9.59 Å². The number of benzene rings is 1. The minimum absolute atomic E-state index is 0.0146. The number of hydrogen-bond acceptors (Lipinski definition) is 7. The molecule has 4 rings (SSSR count). The molecule has 10 nitrogen and oxygen atoms in total. The number of amides is 1. The molecule has 0 spiro atoms. The summed E-state index contributed by atoms with van der Waals surface area (Å²) in [5.41, 5.74) is 1.65. The molecule has 29 heavy (non-hydrogen) atoms. The van der Waals surface area contributed by atoms with Crippen LogP contribution in [0.3, 0.4) is 0 Å². The van der Waals surface area contributed by atoms with Gasteiger partial charge in [0, 0.05) is 6.07 Å². The van der Waals surface area contributed by atoms with Crippen molar-refractivity contribution in [2.75, 3.05) is 19.5 Å². The van der Waals surface area contributed by atoms with Crippen molar-refractivity contribution in [3.05, 3.63) is 52.4 Å². The average Bonchev–Trinajstić information content (AvgIpc) is 3.12. The lowest BCUT2D eigenvalue weighted by Gasteiger charge is -2.11. The topological polar surface area (TPSA) is 113 Å². The first kappa shape index (κ1) is 18.4. The van der Waals surface area contributed by atoms with Gasteiger partial charge in [-0.15, -0.1) is 0 Å². The van der Waals surface area contributed by atoms with Crippen LogP contribution in [0, 0.1) is 6.92 Å². The SMILES string of the molecule is COc1cc(OC)nc(NC(=O)Cn2c(=O)c3ccccc3n3nc(C)cc23)n1. The highest BCUT2D eigenvalue weighted by molar-refractivity contribution is 5.90. The summed E-state index contributed by atoms with van der Waals surface area (Å²) in [5, 5.41) is 7.49. The molecule has 4 aromatic rings. The number of para-hydroxylation sites is 1. The van der Waals surface area contributed by atoms with E-state index in [-0.39, 0.29) is 29.8 Å². The number of carbonyl (C=O) groups excluding carboxylic acids is 1. The Kier molecular flexibility index (Phi) is 4.59. The predicted octanol–water partition coefficient (Wildman–Crippen LogP) is 1.40. The summed E-state index contributed by atoms with van der Waals surface area (Å²) in [4.78, 5) is 33.8. The lowest BCUT2D eigenvalue weighted by molar-refractivity contribution is -0.116. The second-order valence-corrected chi connectivity index (χ2v) is 6.29. The van der Waals surface area contributed by atoms with Crippen LogP contribution in [-0.2, 0) is 11.3 Å². The van der Waals surface area contributed by atoms with Crippen molar-refractivity contribution in [1.29, 1.82) is 0 Å². The number of anilines is 1. The largest absolute Gasteiger partial charge is 0.481 e. The zero-order valence-electron chi connectivity index (χ0n) is 16.0. The maximum absolute atomic E-state index is 13.0. The Morgan fingerprint density at radius 2 is 1.79 bits per heavy atom. The first-order chi connectivity index (χ1) is 14.0. The van der Waals surface area contributed by atoms with Crippen LogP contribution in [0.15, 0.2) is 41.2 Å². The lowest BCUT2D eigenvalue weighted by atomic mass is 10.2. The number of nitrogens with one attached hydrogen (secondary N) is 1. The molecule has 10 heteroatoms. The Labute approximate surface area is 164 Å². The Morgan fingerprint density at radius 3 is 2.48 bits per heavy atom. The van der Waals surface area contributed by atoms with Crippen LogP contribution < -0.4 is 20.3 Å². The molecule has 148 valence electrons. The fourth-order valence-corrected chi connectivity index (χ4v) is 3.07. The van der Waals surface area contributed by atoms with Gasteiger partial charge in [-0.2, -0.15) is 15.1 Å². The van der Waals surface area contributed by atoms with Crippen LogP contribution >= 0.6 is 0 Å². The summed E-state index contributed by atoms with van der Waals surface area (Å²) in [6.07, 6.45) is 0. The normalized spacial score (nSPS) is 11.0. The fourth-order valence-electron chi connectivity index (χ4n) is 3.07. The van der Waals surface area contributed by atoms with Crippen molar-refractivity contribution in [1.82, 2.24) is 24.1 Å². The number of aryl methyl sites for hydroxylation is 1. The number of fused-ring (bicyclic) bond motifs is 3. The highest BCUT2D eigenvalue weighted by Gasteiger charge is 2.16. The van der Waals surface area contributed by atoms with Gasteiger partial charge in [0.05, 0.1) is 36.9 Å².